The van der Waals surface area contributed by atoms with Crippen molar-refractivity contribution in [2.45, 2.75) is 32.7 Å². The van der Waals surface area contributed by atoms with Gasteiger partial charge in [0.1, 0.15) is 5.75 Å². The second-order valence-electron chi connectivity index (χ2n) is 4.35. The fourth-order valence-corrected chi connectivity index (χ4v) is 1.55. The van der Waals surface area contributed by atoms with Crippen LogP contribution >= 0.6 is 0 Å². The molecule has 0 bridgehead atoms. The summed E-state index contributed by atoms with van der Waals surface area (Å²) in [4.78, 5) is 0. The molecule has 1 aromatic rings. The first-order valence-electron chi connectivity index (χ1n) is 5.53. The average Bonchev–Trinajstić information content (AvgIpc) is 2.26. The molecule has 0 heterocycles. The van der Waals surface area contributed by atoms with Crippen molar-refractivity contribution >= 4 is 0 Å². The summed E-state index contributed by atoms with van der Waals surface area (Å²) in [5.74, 6) is 1.59. The van der Waals surface area contributed by atoms with E-state index in [1.807, 2.05) is 18.2 Å². The van der Waals surface area contributed by atoms with E-state index >= 15 is 0 Å². The molecule has 0 radical (unpaired) electrons. The Bertz CT molecular complexity index is 296. The summed E-state index contributed by atoms with van der Waals surface area (Å²) in [6.07, 6.45) is 2.20. The molecule has 0 aliphatic heterocycles. The zero-order valence-corrected chi connectivity index (χ0v) is 9.86. The third-order valence-corrected chi connectivity index (χ3v) is 2.58. The van der Waals surface area contributed by atoms with E-state index in [-0.39, 0.29) is 6.04 Å². The highest BCUT2D eigenvalue weighted by molar-refractivity contribution is 5.30. The Morgan fingerprint density at radius 3 is 2.60 bits per heavy atom. The maximum absolute atomic E-state index is 6.11. The normalized spacial score (nSPS) is 12.9. The van der Waals surface area contributed by atoms with Crippen LogP contribution in [-0.4, -0.2) is 7.11 Å². The van der Waals surface area contributed by atoms with Crippen molar-refractivity contribution in [3.8, 4) is 5.75 Å². The Labute approximate surface area is 92.4 Å². The average molecular weight is 207 g/mol. The lowest BCUT2D eigenvalue weighted by atomic mass is 9.98. The summed E-state index contributed by atoms with van der Waals surface area (Å²) in [5, 5.41) is 0. The third kappa shape index (κ3) is 3.92. The van der Waals surface area contributed by atoms with Crippen molar-refractivity contribution in [1.82, 2.24) is 0 Å². The summed E-state index contributed by atoms with van der Waals surface area (Å²) >= 11 is 0. The van der Waals surface area contributed by atoms with Crippen molar-refractivity contribution in [1.29, 1.82) is 0 Å². The molecule has 2 heteroatoms. The molecule has 1 aromatic carbocycles. The number of rotatable bonds is 5. The fourth-order valence-electron chi connectivity index (χ4n) is 1.55. The van der Waals surface area contributed by atoms with E-state index in [1.54, 1.807) is 7.11 Å². The molecule has 0 aliphatic carbocycles. The van der Waals surface area contributed by atoms with E-state index in [2.05, 4.69) is 19.9 Å². The molecule has 0 saturated carbocycles. The van der Waals surface area contributed by atoms with Gasteiger partial charge >= 0.3 is 0 Å². The fraction of sp³-hybridized carbons (Fsp3) is 0.538. The number of nitrogens with two attached hydrogens (primary N) is 1. The Hall–Kier alpha value is -1.02. The maximum atomic E-state index is 6.11. The predicted molar refractivity (Wildman–Crippen MR) is 64.0 cm³/mol. The van der Waals surface area contributed by atoms with E-state index < -0.39 is 0 Å². The van der Waals surface area contributed by atoms with Crippen LogP contribution in [0.1, 0.15) is 38.3 Å². The first-order chi connectivity index (χ1) is 7.13. The Balaban J connectivity index is 2.60. The van der Waals surface area contributed by atoms with E-state index in [9.17, 15) is 0 Å². The molecular formula is C13H21NO. The Morgan fingerprint density at radius 2 is 2.00 bits per heavy atom. The molecule has 0 aromatic heterocycles. The highest BCUT2D eigenvalue weighted by Crippen LogP contribution is 2.22. The van der Waals surface area contributed by atoms with Crippen molar-refractivity contribution in [2.24, 2.45) is 11.7 Å². The van der Waals surface area contributed by atoms with Crippen molar-refractivity contribution in [3.63, 3.8) is 0 Å². The van der Waals surface area contributed by atoms with Gasteiger partial charge in [0, 0.05) is 6.04 Å². The van der Waals surface area contributed by atoms with Crippen LogP contribution in [0.5, 0.6) is 5.75 Å². The van der Waals surface area contributed by atoms with Gasteiger partial charge < -0.3 is 10.5 Å². The molecule has 1 rings (SSSR count). The van der Waals surface area contributed by atoms with Gasteiger partial charge in [-0.05, 0) is 36.5 Å². The first kappa shape index (κ1) is 12.1. The molecule has 2 nitrogen and oxygen atoms in total. The second-order valence-corrected chi connectivity index (χ2v) is 4.35. The summed E-state index contributed by atoms with van der Waals surface area (Å²) in [7, 11) is 1.68. The number of methoxy groups -OCH3 is 1. The van der Waals surface area contributed by atoms with Crippen LogP contribution in [0.15, 0.2) is 24.3 Å². The SMILES string of the molecule is COc1cccc([C@@H](N)CCC(C)C)c1. The van der Waals surface area contributed by atoms with Crippen molar-refractivity contribution in [2.75, 3.05) is 7.11 Å². The van der Waals surface area contributed by atoms with Gasteiger partial charge in [0.05, 0.1) is 7.11 Å². The van der Waals surface area contributed by atoms with Crippen molar-refractivity contribution in [3.05, 3.63) is 29.8 Å². The highest BCUT2D eigenvalue weighted by Gasteiger charge is 2.07. The van der Waals surface area contributed by atoms with Gasteiger partial charge in [-0.1, -0.05) is 26.0 Å². The molecule has 2 N–H and O–H groups in total. The van der Waals surface area contributed by atoms with Gasteiger partial charge in [0.2, 0.25) is 0 Å². The lowest BCUT2D eigenvalue weighted by Gasteiger charge is -2.14. The lowest BCUT2D eigenvalue weighted by Crippen LogP contribution is -2.11. The summed E-state index contributed by atoms with van der Waals surface area (Å²) in [6, 6.07) is 8.14. The largest absolute Gasteiger partial charge is 0.497 e. The maximum Gasteiger partial charge on any atom is 0.119 e. The molecule has 0 spiro atoms. The highest BCUT2D eigenvalue weighted by atomic mass is 16.5. The van der Waals surface area contributed by atoms with Crippen LogP contribution in [0.2, 0.25) is 0 Å². The summed E-state index contributed by atoms with van der Waals surface area (Å²) in [5.41, 5.74) is 7.27. The van der Waals surface area contributed by atoms with Gasteiger partial charge in [-0.25, -0.2) is 0 Å². The van der Waals surface area contributed by atoms with Crippen LogP contribution < -0.4 is 10.5 Å². The predicted octanol–water partition coefficient (Wildman–Crippen LogP) is 3.13. The molecule has 15 heavy (non-hydrogen) atoms. The summed E-state index contributed by atoms with van der Waals surface area (Å²) < 4.78 is 5.18. The van der Waals surface area contributed by atoms with Crippen LogP contribution in [0.25, 0.3) is 0 Å². The van der Waals surface area contributed by atoms with E-state index in [0.29, 0.717) is 5.92 Å². The van der Waals surface area contributed by atoms with Crippen molar-refractivity contribution < 1.29 is 4.74 Å². The molecule has 0 amide bonds. The van der Waals surface area contributed by atoms with E-state index in [4.69, 9.17) is 10.5 Å². The molecule has 0 aliphatic rings. The quantitative estimate of drug-likeness (QED) is 0.805. The van der Waals surface area contributed by atoms with Gasteiger partial charge in [0.15, 0.2) is 0 Å². The topological polar surface area (TPSA) is 35.2 Å². The minimum atomic E-state index is 0.127. The van der Waals surface area contributed by atoms with Crippen LogP contribution in [0.3, 0.4) is 0 Å². The standard InChI is InChI=1S/C13H21NO/c1-10(2)7-8-13(14)11-5-4-6-12(9-11)15-3/h4-6,9-10,13H,7-8,14H2,1-3H3/t13-/m0/s1. The van der Waals surface area contributed by atoms with Gasteiger partial charge in [0.25, 0.3) is 0 Å². The minimum absolute atomic E-state index is 0.127. The van der Waals surface area contributed by atoms with Crippen LogP contribution in [-0.2, 0) is 0 Å². The number of ether oxygens (including phenoxy) is 1. The van der Waals surface area contributed by atoms with Gasteiger partial charge in [-0.2, -0.15) is 0 Å². The zero-order chi connectivity index (χ0) is 11.3. The minimum Gasteiger partial charge on any atom is -0.497 e. The zero-order valence-electron chi connectivity index (χ0n) is 9.86. The van der Waals surface area contributed by atoms with Gasteiger partial charge in [-0.15, -0.1) is 0 Å². The number of hydrogen-bond acceptors (Lipinski definition) is 2. The second kappa shape index (κ2) is 5.76. The van der Waals surface area contributed by atoms with Gasteiger partial charge in [-0.3, -0.25) is 0 Å². The smallest absolute Gasteiger partial charge is 0.119 e. The molecule has 0 fully saturated rings. The van der Waals surface area contributed by atoms with Crippen LogP contribution in [0, 0.1) is 5.92 Å². The number of benzene rings is 1. The Morgan fingerprint density at radius 1 is 1.27 bits per heavy atom. The third-order valence-electron chi connectivity index (χ3n) is 2.58. The lowest BCUT2D eigenvalue weighted by molar-refractivity contribution is 0.413. The molecular weight excluding hydrogens is 186 g/mol. The van der Waals surface area contributed by atoms with E-state index in [1.165, 1.54) is 6.42 Å². The Kier molecular flexibility index (Phi) is 4.63. The monoisotopic (exact) mass is 207 g/mol. The first-order valence-corrected chi connectivity index (χ1v) is 5.53. The molecule has 0 saturated heterocycles. The summed E-state index contributed by atoms with van der Waals surface area (Å²) in [6.45, 7) is 4.44. The van der Waals surface area contributed by atoms with E-state index in [0.717, 1.165) is 17.7 Å². The molecule has 1 atom stereocenters. The van der Waals surface area contributed by atoms with Crippen LogP contribution in [0.4, 0.5) is 0 Å². The molecule has 84 valence electrons. The molecule has 0 unspecified atom stereocenters. The number of hydrogen-bond donors (Lipinski definition) is 1.